The van der Waals surface area contributed by atoms with Gasteiger partial charge in [-0.1, -0.05) is 56.3 Å². The number of para-hydroxylation sites is 1. The fourth-order valence-electron chi connectivity index (χ4n) is 5.87. The van der Waals surface area contributed by atoms with Crippen LogP contribution in [0.25, 0.3) is 11.3 Å². The fraction of sp³-hybridized carbons (Fsp3) is 0.438. The molecular weight excluding hydrogens is 488 g/mol. The number of rotatable bonds is 8. The summed E-state index contributed by atoms with van der Waals surface area (Å²) in [6.07, 6.45) is 4.12. The molecule has 2 saturated heterocycles. The van der Waals surface area contributed by atoms with Crippen molar-refractivity contribution >= 4 is 17.5 Å². The zero-order valence-corrected chi connectivity index (χ0v) is 23.3. The van der Waals surface area contributed by atoms with Gasteiger partial charge in [-0.25, -0.2) is 0 Å². The Labute approximate surface area is 231 Å². The molecule has 0 saturated carbocycles. The molecule has 2 amide bonds. The Morgan fingerprint density at radius 3 is 2.41 bits per heavy atom. The molecule has 7 nitrogen and oxygen atoms in total. The van der Waals surface area contributed by atoms with Crippen LogP contribution in [0.1, 0.15) is 44.7 Å². The molecule has 2 atom stereocenters. The Balaban J connectivity index is 1.29. The smallest absolute Gasteiger partial charge is 0.244 e. The maximum atomic E-state index is 13.6. The average molecular weight is 529 g/mol. The number of benzene rings is 2. The number of piperazine rings is 1. The minimum absolute atomic E-state index is 0.0302. The van der Waals surface area contributed by atoms with Gasteiger partial charge in [-0.15, -0.1) is 0 Å². The van der Waals surface area contributed by atoms with Crippen LogP contribution >= 0.6 is 0 Å². The van der Waals surface area contributed by atoms with Crippen molar-refractivity contribution in [3.8, 4) is 11.3 Å². The molecule has 0 spiro atoms. The third kappa shape index (κ3) is 6.19. The van der Waals surface area contributed by atoms with Crippen molar-refractivity contribution in [2.75, 3.05) is 31.1 Å². The Kier molecular flexibility index (Phi) is 8.36. The summed E-state index contributed by atoms with van der Waals surface area (Å²) in [5.41, 5.74) is 4.57. The summed E-state index contributed by atoms with van der Waals surface area (Å²) in [4.78, 5) is 33.5. The number of hydrogen-bond acceptors (Lipinski definition) is 5. The molecule has 0 radical (unpaired) electrons. The van der Waals surface area contributed by atoms with Crippen molar-refractivity contribution in [3.63, 3.8) is 0 Å². The average Bonchev–Trinajstić information content (AvgIpc) is 3.67. The summed E-state index contributed by atoms with van der Waals surface area (Å²) in [6, 6.07) is 19.8. The van der Waals surface area contributed by atoms with Gasteiger partial charge in [-0.05, 0) is 49.1 Å². The highest BCUT2D eigenvalue weighted by Gasteiger charge is 2.40. The SMILES string of the molecule is CC(C)C(=O)N1C(C)CN(Cc2ccccc2N2CCCC2)CC1C(=O)NCc1ccc(-c2ccco2)cc1. The van der Waals surface area contributed by atoms with Gasteiger partial charge in [0.15, 0.2) is 0 Å². The lowest BCUT2D eigenvalue weighted by Gasteiger charge is -2.45. The molecule has 206 valence electrons. The van der Waals surface area contributed by atoms with Crippen molar-refractivity contribution < 1.29 is 14.0 Å². The lowest BCUT2D eigenvalue weighted by Crippen LogP contribution is -2.64. The van der Waals surface area contributed by atoms with Crippen LogP contribution in [0.3, 0.4) is 0 Å². The van der Waals surface area contributed by atoms with Gasteiger partial charge in [0.05, 0.1) is 6.26 Å². The Hall–Kier alpha value is -3.58. The second-order valence-corrected chi connectivity index (χ2v) is 11.2. The van der Waals surface area contributed by atoms with Gasteiger partial charge in [0.25, 0.3) is 0 Å². The maximum absolute atomic E-state index is 13.6. The largest absolute Gasteiger partial charge is 0.464 e. The molecule has 7 heteroatoms. The quantitative estimate of drug-likeness (QED) is 0.450. The minimum atomic E-state index is -0.537. The molecule has 39 heavy (non-hydrogen) atoms. The van der Waals surface area contributed by atoms with Gasteiger partial charge < -0.3 is 19.5 Å². The number of amides is 2. The zero-order valence-electron chi connectivity index (χ0n) is 23.3. The van der Waals surface area contributed by atoms with E-state index in [1.807, 2.05) is 55.1 Å². The van der Waals surface area contributed by atoms with Gasteiger partial charge in [0.2, 0.25) is 11.8 Å². The highest BCUT2D eigenvalue weighted by atomic mass is 16.3. The van der Waals surface area contributed by atoms with E-state index in [0.29, 0.717) is 13.1 Å². The standard InChI is InChI=1S/C32H40N4O3/c1-23(2)32(38)36-24(3)20-34(21-27-9-4-5-10-28(27)35-16-6-7-17-35)22-29(36)31(37)33-19-25-12-14-26(15-13-25)30-11-8-18-39-30/h4-5,8-15,18,23-24,29H,6-7,16-17,19-22H2,1-3H3,(H,33,37). The van der Waals surface area contributed by atoms with E-state index in [1.54, 1.807) is 6.26 Å². The van der Waals surface area contributed by atoms with E-state index < -0.39 is 6.04 Å². The number of nitrogens with one attached hydrogen (secondary N) is 1. The molecule has 3 heterocycles. The molecule has 2 aliphatic rings. The van der Waals surface area contributed by atoms with Crippen molar-refractivity contribution in [3.05, 3.63) is 78.1 Å². The van der Waals surface area contributed by atoms with E-state index >= 15 is 0 Å². The number of furan rings is 1. The van der Waals surface area contributed by atoms with E-state index in [2.05, 4.69) is 46.3 Å². The Morgan fingerprint density at radius 2 is 1.72 bits per heavy atom. The first kappa shape index (κ1) is 27.0. The second-order valence-electron chi connectivity index (χ2n) is 11.2. The van der Waals surface area contributed by atoms with Gasteiger partial charge in [0.1, 0.15) is 11.8 Å². The molecule has 2 unspecified atom stereocenters. The maximum Gasteiger partial charge on any atom is 0.244 e. The Morgan fingerprint density at radius 1 is 0.974 bits per heavy atom. The van der Waals surface area contributed by atoms with Gasteiger partial charge in [-0.3, -0.25) is 14.5 Å². The molecule has 5 rings (SSSR count). The van der Waals surface area contributed by atoms with Gasteiger partial charge >= 0.3 is 0 Å². The number of anilines is 1. The Bertz CT molecular complexity index is 1250. The van der Waals surface area contributed by atoms with E-state index in [1.165, 1.54) is 24.1 Å². The predicted molar refractivity (Wildman–Crippen MR) is 154 cm³/mol. The van der Waals surface area contributed by atoms with Gasteiger partial charge in [0, 0.05) is 62.5 Å². The third-order valence-electron chi connectivity index (χ3n) is 7.87. The molecular formula is C32H40N4O3. The number of carbonyl (C=O) groups excluding carboxylic acids is 2. The van der Waals surface area contributed by atoms with Crippen LogP contribution in [0.15, 0.2) is 71.3 Å². The van der Waals surface area contributed by atoms with Crippen molar-refractivity contribution in [2.24, 2.45) is 5.92 Å². The van der Waals surface area contributed by atoms with E-state index in [9.17, 15) is 9.59 Å². The first-order valence-electron chi connectivity index (χ1n) is 14.2. The van der Waals surface area contributed by atoms with E-state index in [0.717, 1.165) is 43.1 Å². The summed E-state index contributed by atoms with van der Waals surface area (Å²) < 4.78 is 5.47. The highest BCUT2D eigenvalue weighted by Crippen LogP contribution is 2.28. The molecule has 2 aliphatic heterocycles. The predicted octanol–water partition coefficient (Wildman–Crippen LogP) is 4.92. The number of nitrogens with zero attached hydrogens (tertiary/aromatic N) is 3. The minimum Gasteiger partial charge on any atom is -0.464 e. The van der Waals surface area contributed by atoms with E-state index in [-0.39, 0.29) is 23.8 Å². The number of hydrogen-bond donors (Lipinski definition) is 1. The molecule has 1 N–H and O–H groups in total. The van der Waals surface area contributed by atoms with Crippen LogP contribution < -0.4 is 10.2 Å². The fourth-order valence-corrected chi connectivity index (χ4v) is 5.87. The van der Waals surface area contributed by atoms with Crippen molar-refractivity contribution in [1.82, 2.24) is 15.1 Å². The van der Waals surface area contributed by atoms with Crippen LogP contribution in [-0.4, -0.2) is 59.9 Å². The lowest BCUT2D eigenvalue weighted by molar-refractivity contribution is -0.150. The lowest BCUT2D eigenvalue weighted by atomic mass is 10.0. The van der Waals surface area contributed by atoms with Crippen LogP contribution in [0, 0.1) is 5.92 Å². The zero-order chi connectivity index (χ0) is 27.4. The third-order valence-corrected chi connectivity index (χ3v) is 7.87. The monoisotopic (exact) mass is 528 g/mol. The molecule has 3 aromatic rings. The highest BCUT2D eigenvalue weighted by molar-refractivity contribution is 5.89. The van der Waals surface area contributed by atoms with Crippen LogP contribution in [0.5, 0.6) is 0 Å². The normalized spacial score (nSPS) is 20.0. The summed E-state index contributed by atoms with van der Waals surface area (Å²) in [6.45, 7) is 10.5. The first-order valence-corrected chi connectivity index (χ1v) is 14.2. The summed E-state index contributed by atoms with van der Waals surface area (Å²) >= 11 is 0. The number of carbonyl (C=O) groups is 2. The van der Waals surface area contributed by atoms with Crippen molar-refractivity contribution in [1.29, 1.82) is 0 Å². The molecule has 1 aromatic heterocycles. The summed E-state index contributed by atoms with van der Waals surface area (Å²) in [5, 5.41) is 3.12. The van der Waals surface area contributed by atoms with E-state index in [4.69, 9.17) is 4.42 Å². The summed E-state index contributed by atoms with van der Waals surface area (Å²) in [5.74, 6) is 0.571. The molecule has 2 aromatic carbocycles. The van der Waals surface area contributed by atoms with Crippen LogP contribution in [-0.2, 0) is 22.7 Å². The second kappa shape index (κ2) is 12.1. The first-order chi connectivity index (χ1) is 18.9. The van der Waals surface area contributed by atoms with Crippen LogP contribution in [0.4, 0.5) is 5.69 Å². The molecule has 0 aliphatic carbocycles. The van der Waals surface area contributed by atoms with Crippen molar-refractivity contribution in [2.45, 2.75) is 58.8 Å². The molecule has 2 fully saturated rings. The van der Waals surface area contributed by atoms with Crippen LogP contribution in [0.2, 0.25) is 0 Å². The summed E-state index contributed by atoms with van der Waals surface area (Å²) in [7, 11) is 0. The topological polar surface area (TPSA) is 69.0 Å². The molecule has 0 bridgehead atoms. The van der Waals surface area contributed by atoms with Gasteiger partial charge in [-0.2, -0.15) is 0 Å².